The number of benzene rings is 1. The van der Waals surface area contributed by atoms with Crippen LogP contribution in [0, 0.1) is 5.92 Å². The van der Waals surface area contributed by atoms with E-state index in [1.165, 1.54) is 5.56 Å². The number of nitrogens with one attached hydrogen (secondary N) is 2. The smallest absolute Gasteiger partial charge is 0.233 e. The molecule has 0 fully saturated rings. The van der Waals surface area contributed by atoms with E-state index in [-0.39, 0.29) is 12.0 Å². The van der Waals surface area contributed by atoms with Gasteiger partial charge in [-0.3, -0.25) is 4.79 Å². The van der Waals surface area contributed by atoms with Gasteiger partial charge in [-0.1, -0.05) is 32.0 Å². The maximum atomic E-state index is 11.6. The molecule has 1 atom stereocenters. The van der Waals surface area contributed by atoms with Crippen LogP contribution in [0.15, 0.2) is 24.3 Å². The molecule has 0 aromatic heterocycles. The van der Waals surface area contributed by atoms with E-state index in [9.17, 15) is 4.79 Å². The van der Waals surface area contributed by atoms with Crippen molar-refractivity contribution in [3.8, 4) is 5.75 Å². The van der Waals surface area contributed by atoms with Crippen LogP contribution in [0.1, 0.15) is 25.8 Å². The summed E-state index contributed by atoms with van der Waals surface area (Å²) in [5.74, 6) is 1.65. The number of carbonyl (C=O) groups is 1. The normalized spacial score (nSPS) is 16.9. The molecule has 0 saturated carbocycles. The van der Waals surface area contributed by atoms with Gasteiger partial charge in [0.15, 0.2) is 0 Å². The van der Waals surface area contributed by atoms with Crippen molar-refractivity contribution in [2.75, 3.05) is 19.6 Å². The van der Waals surface area contributed by atoms with E-state index in [0.717, 1.165) is 25.1 Å². The van der Waals surface area contributed by atoms with Crippen LogP contribution in [0.2, 0.25) is 0 Å². The molecule has 0 bridgehead atoms. The highest BCUT2D eigenvalue weighted by atomic mass is 16.5. The molecule has 0 radical (unpaired) electrons. The van der Waals surface area contributed by atoms with E-state index in [1.807, 2.05) is 18.2 Å². The molecule has 1 aromatic rings. The van der Waals surface area contributed by atoms with Crippen molar-refractivity contribution in [2.24, 2.45) is 5.92 Å². The van der Waals surface area contributed by atoms with E-state index in [1.54, 1.807) is 0 Å². The molecule has 20 heavy (non-hydrogen) atoms. The van der Waals surface area contributed by atoms with Crippen molar-refractivity contribution in [3.05, 3.63) is 29.8 Å². The van der Waals surface area contributed by atoms with E-state index in [0.29, 0.717) is 19.0 Å². The third-order valence-corrected chi connectivity index (χ3v) is 3.42. The highest BCUT2D eigenvalue weighted by molar-refractivity contribution is 5.77. The van der Waals surface area contributed by atoms with Crippen molar-refractivity contribution in [1.82, 2.24) is 10.6 Å². The minimum Gasteiger partial charge on any atom is -0.488 e. The summed E-state index contributed by atoms with van der Waals surface area (Å²) in [5, 5.41) is 6.08. The number of amides is 1. The Hall–Kier alpha value is -1.55. The van der Waals surface area contributed by atoms with Crippen molar-refractivity contribution in [2.45, 2.75) is 32.8 Å². The van der Waals surface area contributed by atoms with Gasteiger partial charge in [0.2, 0.25) is 5.91 Å². The van der Waals surface area contributed by atoms with Crippen LogP contribution in [0.4, 0.5) is 0 Å². The van der Waals surface area contributed by atoms with Gasteiger partial charge in [-0.25, -0.2) is 0 Å². The molecule has 110 valence electrons. The molecule has 1 amide bonds. The lowest BCUT2D eigenvalue weighted by atomic mass is 10.1. The van der Waals surface area contributed by atoms with Crippen LogP contribution in [-0.4, -0.2) is 31.6 Å². The lowest BCUT2D eigenvalue weighted by Crippen LogP contribution is -2.38. The Morgan fingerprint density at radius 3 is 2.95 bits per heavy atom. The number of ether oxygens (including phenoxy) is 1. The van der Waals surface area contributed by atoms with Gasteiger partial charge < -0.3 is 15.4 Å². The van der Waals surface area contributed by atoms with Crippen LogP contribution in [0.5, 0.6) is 5.75 Å². The minimum absolute atomic E-state index is 0.0566. The Morgan fingerprint density at radius 2 is 2.20 bits per heavy atom. The summed E-state index contributed by atoms with van der Waals surface area (Å²) >= 11 is 0. The predicted molar refractivity (Wildman–Crippen MR) is 79.9 cm³/mol. The van der Waals surface area contributed by atoms with Crippen molar-refractivity contribution in [1.29, 1.82) is 0 Å². The Balaban J connectivity index is 1.59. The van der Waals surface area contributed by atoms with Gasteiger partial charge in [-0.15, -0.1) is 0 Å². The monoisotopic (exact) mass is 276 g/mol. The number of fused-ring (bicyclic) bond motifs is 1. The van der Waals surface area contributed by atoms with E-state index in [2.05, 4.69) is 30.5 Å². The predicted octanol–water partition coefficient (Wildman–Crippen LogP) is 1.74. The van der Waals surface area contributed by atoms with Gasteiger partial charge in [0.1, 0.15) is 11.9 Å². The molecular weight excluding hydrogens is 252 g/mol. The lowest BCUT2D eigenvalue weighted by Gasteiger charge is -2.12. The largest absolute Gasteiger partial charge is 0.488 e. The van der Waals surface area contributed by atoms with Gasteiger partial charge in [-0.2, -0.15) is 0 Å². The maximum absolute atomic E-state index is 11.6. The molecule has 4 nitrogen and oxygen atoms in total. The van der Waals surface area contributed by atoms with Crippen LogP contribution in [-0.2, 0) is 11.2 Å². The fraction of sp³-hybridized carbons (Fsp3) is 0.562. The second kappa shape index (κ2) is 7.29. The maximum Gasteiger partial charge on any atom is 0.233 e. The van der Waals surface area contributed by atoms with Gasteiger partial charge >= 0.3 is 0 Å². The summed E-state index contributed by atoms with van der Waals surface area (Å²) in [4.78, 5) is 11.6. The standard InChI is InChI=1S/C16H24N2O2/c1-12(2)7-8-18-16(19)11-17-10-14-9-13-5-3-4-6-15(13)20-14/h3-6,12,14,17H,7-11H2,1-2H3,(H,18,19). The van der Waals surface area contributed by atoms with Crippen molar-refractivity contribution >= 4 is 5.91 Å². The molecule has 4 heteroatoms. The highest BCUT2D eigenvalue weighted by Gasteiger charge is 2.21. The number of carbonyl (C=O) groups excluding carboxylic acids is 1. The van der Waals surface area contributed by atoms with Crippen LogP contribution in [0.25, 0.3) is 0 Å². The zero-order valence-corrected chi connectivity index (χ0v) is 12.3. The van der Waals surface area contributed by atoms with Crippen LogP contribution in [0.3, 0.4) is 0 Å². The molecule has 1 unspecified atom stereocenters. The lowest BCUT2D eigenvalue weighted by molar-refractivity contribution is -0.120. The Labute approximate surface area is 120 Å². The average molecular weight is 276 g/mol. The number of para-hydroxylation sites is 1. The highest BCUT2D eigenvalue weighted by Crippen LogP contribution is 2.27. The third-order valence-electron chi connectivity index (χ3n) is 3.42. The van der Waals surface area contributed by atoms with Crippen molar-refractivity contribution < 1.29 is 9.53 Å². The summed E-state index contributed by atoms with van der Waals surface area (Å²) in [5.41, 5.74) is 1.25. The SMILES string of the molecule is CC(C)CCNC(=O)CNCC1Cc2ccccc2O1. The Kier molecular flexibility index (Phi) is 5.41. The second-order valence-electron chi connectivity index (χ2n) is 5.72. The van der Waals surface area contributed by atoms with E-state index < -0.39 is 0 Å². The molecule has 0 spiro atoms. The quantitative estimate of drug-likeness (QED) is 0.797. The zero-order chi connectivity index (χ0) is 14.4. The molecule has 1 aromatic carbocycles. The van der Waals surface area contributed by atoms with E-state index >= 15 is 0 Å². The summed E-state index contributed by atoms with van der Waals surface area (Å²) in [6.45, 7) is 6.11. The first-order valence-electron chi connectivity index (χ1n) is 7.37. The summed E-state index contributed by atoms with van der Waals surface area (Å²) < 4.78 is 5.81. The molecule has 1 heterocycles. The number of hydrogen-bond donors (Lipinski definition) is 2. The fourth-order valence-electron chi connectivity index (χ4n) is 2.28. The average Bonchev–Trinajstić information content (AvgIpc) is 2.80. The summed E-state index contributed by atoms with van der Waals surface area (Å²) in [6, 6.07) is 8.10. The Morgan fingerprint density at radius 1 is 1.40 bits per heavy atom. The zero-order valence-electron chi connectivity index (χ0n) is 12.3. The molecule has 0 saturated heterocycles. The Bertz CT molecular complexity index is 421. The first kappa shape index (κ1) is 14.9. The molecule has 2 rings (SSSR count). The van der Waals surface area contributed by atoms with Gasteiger partial charge in [0, 0.05) is 19.5 Å². The molecule has 1 aliphatic rings. The van der Waals surface area contributed by atoms with Gasteiger partial charge in [0.05, 0.1) is 6.54 Å². The second-order valence-corrected chi connectivity index (χ2v) is 5.72. The third kappa shape index (κ3) is 4.53. The topological polar surface area (TPSA) is 50.4 Å². The minimum atomic E-state index is 0.0566. The summed E-state index contributed by atoms with van der Waals surface area (Å²) in [7, 11) is 0. The molecule has 1 aliphatic heterocycles. The number of hydrogen-bond acceptors (Lipinski definition) is 3. The van der Waals surface area contributed by atoms with Gasteiger partial charge in [-0.05, 0) is 24.0 Å². The number of rotatable bonds is 7. The van der Waals surface area contributed by atoms with Gasteiger partial charge in [0.25, 0.3) is 0 Å². The summed E-state index contributed by atoms with van der Waals surface area (Å²) in [6.07, 6.45) is 2.07. The van der Waals surface area contributed by atoms with E-state index in [4.69, 9.17) is 4.74 Å². The van der Waals surface area contributed by atoms with Crippen LogP contribution >= 0.6 is 0 Å². The molecule has 0 aliphatic carbocycles. The first-order valence-corrected chi connectivity index (χ1v) is 7.37. The molecule has 2 N–H and O–H groups in total. The first-order chi connectivity index (χ1) is 9.65. The molecular formula is C16H24N2O2. The fourth-order valence-corrected chi connectivity index (χ4v) is 2.28. The van der Waals surface area contributed by atoms with Crippen LogP contribution < -0.4 is 15.4 Å². The van der Waals surface area contributed by atoms with Crippen molar-refractivity contribution in [3.63, 3.8) is 0 Å².